The molecule has 9 rings (SSSR count). The molecule has 3 aliphatic rings. The fraction of sp³-hybridized carbons (Fsp3) is 0.0357. The van der Waals surface area contributed by atoms with Crippen molar-refractivity contribution >= 4 is 32.4 Å². The van der Waals surface area contributed by atoms with Crippen molar-refractivity contribution in [1.29, 1.82) is 0 Å². The van der Waals surface area contributed by atoms with Crippen molar-refractivity contribution in [2.75, 3.05) is 0 Å². The second-order valence-electron chi connectivity index (χ2n) is 8.83. The first kappa shape index (κ1) is 15.5. The molecule has 3 aliphatic heterocycles. The molecule has 1 spiro atoms. The zero-order chi connectivity index (χ0) is 20.6. The summed E-state index contributed by atoms with van der Waals surface area (Å²) in [5.41, 5.74) is 5.65. The van der Waals surface area contributed by atoms with Gasteiger partial charge in [0.05, 0.1) is 16.3 Å². The molecule has 0 saturated heterocycles. The molecule has 0 amide bonds. The van der Waals surface area contributed by atoms with Gasteiger partial charge in [0.25, 0.3) is 0 Å². The molecule has 1 unspecified atom stereocenters. The summed E-state index contributed by atoms with van der Waals surface area (Å²) >= 11 is 0. The van der Waals surface area contributed by atoms with E-state index in [0.29, 0.717) is 0 Å². The van der Waals surface area contributed by atoms with E-state index in [0.717, 1.165) is 11.5 Å². The Kier molecular flexibility index (Phi) is 2.31. The van der Waals surface area contributed by atoms with E-state index in [2.05, 4.69) is 93.2 Å². The third kappa shape index (κ3) is 1.38. The maximum absolute atomic E-state index is 6.58. The van der Waals surface area contributed by atoms with Crippen LogP contribution in [-0.2, 0) is 5.66 Å². The summed E-state index contributed by atoms with van der Waals surface area (Å²) in [6.07, 6.45) is 8.34. The predicted octanol–water partition coefficient (Wildman–Crippen LogP) is 4.81. The van der Waals surface area contributed by atoms with Crippen LogP contribution < -0.4 is 13.9 Å². The molecule has 32 heavy (non-hydrogen) atoms. The molecule has 3 aromatic heterocycles. The first-order chi connectivity index (χ1) is 15.9. The average molecular weight is 409 g/mol. The van der Waals surface area contributed by atoms with Gasteiger partial charge in [0.15, 0.2) is 23.5 Å². The zero-order valence-corrected chi connectivity index (χ0v) is 16.9. The van der Waals surface area contributed by atoms with Crippen molar-refractivity contribution in [2.45, 2.75) is 5.66 Å². The lowest BCUT2D eigenvalue weighted by Crippen LogP contribution is -2.71. The standard InChI is InChI=1S/C28H15N3O/c1-2-13-30-21(7-1)19-5-3-8-22-25(19)28(30)26-23(32-22)10-9-17-20-15-29-12-11-16(20)18-6-4-14-31(28)27(18)24(17)26/h1-15H/q+2. The molecule has 0 bridgehead atoms. The number of fused-ring (bicyclic) bond motifs is 5. The van der Waals surface area contributed by atoms with E-state index >= 15 is 0 Å². The van der Waals surface area contributed by atoms with Gasteiger partial charge in [0, 0.05) is 36.0 Å². The third-order valence-corrected chi connectivity index (χ3v) is 7.58. The van der Waals surface area contributed by atoms with E-state index in [1.807, 2.05) is 12.4 Å². The number of benzene rings is 3. The number of ether oxygens (including phenoxy) is 1. The number of nitrogens with zero attached hydrogens (tertiary/aromatic N) is 3. The fourth-order valence-electron chi connectivity index (χ4n) is 6.56. The summed E-state index contributed by atoms with van der Waals surface area (Å²) in [5, 5.41) is 6.16. The van der Waals surface area contributed by atoms with Gasteiger partial charge in [-0.2, -0.15) is 0 Å². The Hall–Kier alpha value is -4.31. The molecule has 146 valence electrons. The van der Waals surface area contributed by atoms with Gasteiger partial charge in [0.2, 0.25) is 11.2 Å². The van der Waals surface area contributed by atoms with E-state index in [-0.39, 0.29) is 0 Å². The van der Waals surface area contributed by atoms with Crippen molar-refractivity contribution in [2.24, 2.45) is 0 Å². The Morgan fingerprint density at radius 3 is 2.62 bits per heavy atom. The normalized spacial score (nSPS) is 18.4. The number of hydrogen-bond donors (Lipinski definition) is 0. The summed E-state index contributed by atoms with van der Waals surface area (Å²) in [6, 6.07) is 23.8. The maximum atomic E-state index is 6.58. The van der Waals surface area contributed by atoms with E-state index < -0.39 is 5.66 Å². The summed E-state index contributed by atoms with van der Waals surface area (Å²) in [6.45, 7) is 0. The SMILES string of the molecule is c1cc2c3c(c1)-c1cccc[n+]1C31c3c(ccc4c5cnccc5c5ccc[n+]1c5c34)O2. The fourth-order valence-corrected chi connectivity index (χ4v) is 6.56. The maximum Gasteiger partial charge on any atom is 0.425 e. The zero-order valence-electron chi connectivity index (χ0n) is 16.9. The number of aromatic nitrogens is 3. The van der Waals surface area contributed by atoms with Gasteiger partial charge >= 0.3 is 5.66 Å². The molecule has 0 aliphatic carbocycles. The van der Waals surface area contributed by atoms with Crippen LogP contribution in [0.3, 0.4) is 0 Å². The molecule has 1 atom stereocenters. The lowest BCUT2D eigenvalue weighted by atomic mass is 9.85. The molecule has 0 saturated carbocycles. The summed E-state index contributed by atoms with van der Waals surface area (Å²) < 4.78 is 11.5. The lowest BCUT2D eigenvalue weighted by Gasteiger charge is -2.25. The first-order valence-electron chi connectivity index (χ1n) is 10.9. The highest BCUT2D eigenvalue weighted by Gasteiger charge is 2.70. The minimum atomic E-state index is -0.498. The van der Waals surface area contributed by atoms with Crippen molar-refractivity contribution in [3.05, 3.63) is 103 Å². The van der Waals surface area contributed by atoms with Gasteiger partial charge in [-0.3, -0.25) is 4.98 Å². The average Bonchev–Trinajstić information content (AvgIpc) is 3.34. The molecule has 3 aromatic carbocycles. The van der Waals surface area contributed by atoms with Gasteiger partial charge in [-0.15, -0.1) is 9.13 Å². The number of pyridine rings is 3. The van der Waals surface area contributed by atoms with Crippen molar-refractivity contribution in [3.8, 4) is 22.8 Å². The minimum absolute atomic E-state index is 0.498. The van der Waals surface area contributed by atoms with Crippen molar-refractivity contribution in [1.82, 2.24) is 4.98 Å². The van der Waals surface area contributed by atoms with E-state index in [9.17, 15) is 0 Å². The second kappa shape index (κ2) is 4.78. The highest BCUT2D eigenvalue weighted by molar-refractivity contribution is 6.25. The molecular formula is C28H15N3O+2. The molecule has 0 N–H and O–H groups in total. The Labute approximate surface area is 182 Å². The Morgan fingerprint density at radius 1 is 0.688 bits per heavy atom. The van der Waals surface area contributed by atoms with Gasteiger partial charge in [-0.25, -0.2) is 0 Å². The van der Waals surface area contributed by atoms with Crippen LogP contribution in [-0.4, -0.2) is 4.98 Å². The highest BCUT2D eigenvalue weighted by atomic mass is 16.5. The van der Waals surface area contributed by atoms with Crippen LogP contribution in [0.25, 0.3) is 43.7 Å². The Balaban J connectivity index is 1.66. The minimum Gasteiger partial charge on any atom is -0.456 e. The van der Waals surface area contributed by atoms with Crippen LogP contribution in [0.1, 0.15) is 11.1 Å². The topological polar surface area (TPSA) is 29.9 Å². The molecule has 0 radical (unpaired) electrons. The number of hydrogen-bond acceptors (Lipinski definition) is 2. The molecule has 4 heteroatoms. The van der Waals surface area contributed by atoms with Crippen LogP contribution in [0, 0.1) is 0 Å². The Bertz CT molecular complexity index is 1870. The van der Waals surface area contributed by atoms with Crippen molar-refractivity contribution < 1.29 is 13.9 Å². The highest BCUT2D eigenvalue weighted by Crippen LogP contribution is 2.57. The van der Waals surface area contributed by atoms with Crippen LogP contribution in [0.4, 0.5) is 0 Å². The quantitative estimate of drug-likeness (QED) is 0.266. The largest absolute Gasteiger partial charge is 0.456 e. The van der Waals surface area contributed by atoms with Crippen LogP contribution >= 0.6 is 0 Å². The van der Waals surface area contributed by atoms with Gasteiger partial charge < -0.3 is 4.74 Å². The lowest BCUT2D eigenvalue weighted by molar-refractivity contribution is -0.950. The van der Waals surface area contributed by atoms with Crippen LogP contribution in [0.2, 0.25) is 0 Å². The molecule has 6 heterocycles. The first-order valence-corrected chi connectivity index (χ1v) is 10.9. The second-order valence-corrected chi connectivity index (χ2v) is 8.83. The van der Waals surface area contributed by atoms with Gasteiger partial charge in [-0.05, 0) is 53.2 Å². The molecule has 4 nitrogen and oxygen atoms in total. The molecule has 0 fully saturated rings. The third-order valence-electron chi connectivity index (χ3n) is 7.58. The predicted molar refractivity (Wildman–Crippen MR) is 121 cm³/mol. The summed E-state index contributed by atoms with van der Waals surface area (Å²) in [7, 11) is 0. The van der Waals surface area contributed by atoms with Crippen molar-refractivity contribution in [3.63, 3.8) is 0 Å². The van der Waals surface area contributed by atoms with Crippen LogP contribution in [0.15, 0.2) is 91.5 Å². The smallest absolute Gasteiger partial charge is 0.425 e. The van der Waals surface area contributed by atoms with Gasteiger partial charge in [-0.1, -0.05) is 6.07 Å². The van der Waals surface area contributed by atoms with Crippen LogP contribution in [0.5, 0.6) is 11.5 Å². The molecule has 6 aromatic rings. The van der Waals surface area contributed by atoms with Gasteiger partial charge in [0.1, 0.15) is 11.5 Å². The molecular weight excluding hydrogens is 394 g/mol. The number of rotatable bonds is 0. The van der Waals surface area contributed by atoms with E-state index in [1.54, 1.807) is 0 Å². The van der Waals surface area contributed by atoms with E-state index in [1.165, 1.54) is 54.8 Å². The van der Waals surface area contributed by atoms with E-state index in [4.69, 9.17) is 4.74 Å². The Morgan fingerprint density at radius 2 is 1.62 bits per heavy atom. The monoisotopic (exact) mass is 409 g/mol. The summed E-state index contributed by atoms with van der Waals surface area (Å²) in [5.74, 6) is 1.86. The summed E-state index contributed by atoms with van der Waals surface area (Å²) in [4.78, 5) is 4.47.